The Morgan fingerprint density at radius 1 is 0.929 bits per heavy atom. The van der Waals surface area contributed by atoms with Gasteiger partial charge < -0.3 is 25.3 Å². The number of nitrogens with one attached hydrogen (secondary N) is 1. The molecule has 1 aromatic heterocycles. The molecule has 0 saturated carbocycles. The largest absolute Gasteiger partial charge is 0.496 e. The molecule has 0 radical (unpaired) electrons. The average Bonchev–Trinajstić information content (AvgIpc) is 2.72. The summed E-state index contributed by atoms with van der Waals surface area (Å²) in [5.74, 6) is 0.113. The van der Waals surface area contributed by atoms with E-state index in [-0.39, 0.29) is 11.3 Å². The summed E-state index contributed by atoms with van der Waals surface area (Å²) in [6.45, 7) is 0. The van der Waals surface area contributed by atoms with Gasteiger partial charge in [-0.2, -0.15) is 0 Å². The lowest BCUT2D eigenvalue weighted by Crippen LogP contribution is -2.19. The summed E-state index contributed by atoms with van der Waals surface area (Å²) in [6, 6.07) is 10.0. The molecule has 0 aliphatic heterocycles. The Morgan fingerprint density at radius 2 is 1.57 bits per heavy atom. The molecule has 1 heterocycles. The highest BCUT2D eigenvalue weighted by Gasteiger charge is 2.20. The van der Waals surface area contributed by atoms with E-state index >= 15 is 0 Å². The topological polar surface area (TPSA) is 113 Å². The van der Waals surface area contributed by atoms with Gasteiger partial charge in [-0.1, -0.05) is 12.1 Å². The Kier molecular flexibility index (Phi) is 5.30. The molecule has 8 nitrogen and oxygen atoms in total. The lowest BCUT2D eigenvalue weighted by molar-refractivity contribution is 0.100. The lowest BCUT2D eigenvalue weighted by Gasteiger charge is -2.15. The molecule has 0 saturated heterocycles. The molecular formula is C20H19N3O5. The van der Waals surface area contributed by atoms with Crippen molar-refractivity contribution in [3.8, 4) is 17.2 Å². The van der Waals surface area contributed by atoms with E-state index in [0.29, 0.717) is 33.7 Å². The second kappa shape index (κ2) is 7.83. The van der Waals surface area contributed by atoms with Crippen LogP contribution in [-0.4, -0.2) is 38.1 Å². The van der Waals surface area contributed by atoms with Crippen molar-refractivity contribution in [2.45, 2.75) is 0 Å². The third-order valence-electron chi connectivity index (χ3n) is 4.23. The first-order chi connectivity index (χ1) is 13.5. The number of rotatable bonds is 6. The van der Waals surface area contributed by atoms with Crippen molar-refractivity contribution >= 4 is 28.4 Å². The number of nitrogens with two attached hydrogens (primary N) is 1. The zero-order chi connectivity index (χ0) is 20.3. The van der Waals surface area contributed by atoms with Crippen molar-refractivity contribution in [2.75, 3.05) is 26.6 Å². The van der Waals surface area contributed by atoms with E-state index in [0.717, 1.165) is 0 Å². The highest BCUT2D eigenvalue weighted by molar-refractivity contribution is 6.15. The minimum atomic E-state index is -0.723. The van der Waals surface area contributed by atoms with E-state index in [2.05, 4.69) is 10.3 Å². The Bertz CT molecular complexity index is 1070. The molecule has 0 unspecified atom stereocenters. The molecule has 8 heteroatoms. The summed E-state index contributed by atoms with van der Waals surface area (Å²) in [6.07, 6.45) is 1.31. The van der Waals surface area contributed by atoms with Gasteiger partial charge in [-0.15, -0.1) is 0 Å². The van der Waals surface area contributed by atoms with Crippen molar-refractivity contribution in [1.29, 1.82) is 0 Å². The Morgan fingerprint density at radius 3 is 2.21 bits per heavy atom. The molecule has 0 atom stereocenters. The van der Waals surface area contributed by atoms with Crippen LogP contribution in [0.1, 0.15) is 20.7 Å². The maximum absolute atomic E-state index is 12.9. The quantitative estimate of drug-likeness (QED) is 0.679. The van der Waals surface area contributed by atoms with Crippen LogP contribution >= 0.6 is 0 Å². The van der Waals surface area contributed by atoms with E-state index in [4.69, 9.17) is 19.9 Å². The summed E-state index contributed by atoms with van der Waals surface area (Å²) >= 11 is 0. The zero-order valence-corrected chi connectivity index (χ0v) is 15.6. The normalized spacial score (nSPS) is 10.4. The number of carbonyl (C=O) groups is 2. The Balaban J connectivity index is 2.18. The number of ether oxygens (including phenoxy) is 3. The molecule has 3 aromatic rings. The molecule has 3 N–H and O–H groups in total. The molecule has 0 spiro atoms. The number of nitrogens with zero attached hydrogens (tertiary/aromatic N) is 1. The fraction of sp³-hybridized carbons (Fsp3) is 0.150. The van der Waals surface area contributed by atoms with Crippen LogP contribution in [0.4, 0.5) is 5.69 Å². The minimum Gasteiger partial charge on any atom is -0.496 e. The summed E-state index contributed by atoms with van der Waals surface area (Å²) < 4.78 is 15.8. The van der Waals surface area contributed by atoms with E-state index in [1.54, 1.807) is 36.4 Å². The van der Waals surface area contributed by atoms with Gasteiger partial charge in [0.2, 0.25) is 0 Å². The van der Waals surface area contributed by atoms with E-state index in [1.165, 1.54) is 27.5 Å². The van der Waals surface area contributed by atoms with Crippen LogP contribution in [0.3, 0.4) is 0 Å². The number of pyridine rings is 1. The second-order valence-electron chi connectivity index (χ2n) is 5.79. The van der Waals surface area contributed by atoms with Gasteiger partial charge >= 0.3 is 0 Å². The maximum atomic E-state index is 12.9. The Labute approximate surface area is 161 Å². The first kappa shape index (κ1) is 19.0. The average molecular weight is 381 g/mol. The van der Waals surface area contributed by atoms with Crippen LogP contribution in [0.25, 0.3) is 10.9 Å². The van der Waals surface area contributed by atoms with Crippen molar-refractivity contribution in [3.05, 3.63) is 53.7 Å². The van der Waals surface area contributed by atoms with Crippen LogP contribution in [0.2, 0.25) is 0 Å². The Hall–Kier alpha value is -3.81. The van der Waals surface area contributed by atoms with Gasteiger partial charge in [0, 0.05) is 17.6 Å². The number of aromatic nitrogens is 1. The third kappa shape index (κ3) is 3.39. The van der Waals surface area contributed by atoms with Crippen LogP contribution < -0.4 is 25.3 Å². The predicted molar refractivity (Wildman–Crippen MR) is 104 cm³/mol. The molecule has 2 aromatic carbocycles. The summed E-state index contributed by atoms with van der Waals surface area (Å²) in [5, 5.41) is 3.24. The molecule has 3 rings (SSSR count). The van der Waals surface area contributed by atoms with Crippen molar-refractivity contribution in [2.24, 2.45) is 5.73 Å². The van der Waals surface area contributed by atoms with E-state index in [1.807, 2.05) is 0 Å². The van der Waals surface area contributed by atoms with Crippen LogP contribution in [0.15, 0.2) is 42.6 Å². The smallest absolute Gasteiger partial charge is 0.259 e. The first-order valence-electron chi connectivity index (χ1n) is 8.29. The van der Waals surface area contributed by atoms with Crippen molar-refractivity contribution in [3.63, 3.8) is 0 Å². The SMILES string of the molecule is COc1cc2ncc(C(N)=O)c(NC(=O)c3ccccc3OC)c2cc1OC. The number of methoxy groups -OCH3 is 3. The van der Waals surface area contributed by atoms with Gasteiger partial charge in [0.1, 0.15) is 5.75 Å². The number of amides is 2. The number of para-hydroxylation sites is 1. The zero-order valence-electron chi connectivity index (χ0n) is 15.6. The monoisotopic (exact) mass is 381 g/mol. The van der Waals surface area contributed by atoms with Gasteiger partial charge in [-0.25, -0.2) is 0 Å². The number of anilines is 1. The van der Waals surface area contributed by atoms with Crippen molar-refractivity contribution < 1.29 is 23.8 Å². The molecule has 0 fully saturated rings. The molecule has 0 aliphatic rings. The molecular weight excluding hydrogens is 362 g/mol. The highest BCUT2D eigenvalue weighted by atomic mass is 16.5. The fourth-order valence-electron chi connectivity index (χ4n) is 2.85. The molecule has 0 aliphatic carbocycles. The van der Waals surface area contributed by atoms with E-state index < -0.39 is 11.8 Å². The molecule has 2 amide bonds. The van der Waals surface area contributed by atoms with Crippen LogP contribution in [0, 0.1) is 0 Å². The minimum absolute atomic E-state index is 0.0722. The number of fused-ring (bicyclic) bond motifs is 1. The summed E-state index contributed by atoms with van der Waals surface area (Å²) in [5.41, 5.74) is 6.60. The van der Waals surface area contributed by atoms with Gasteiger partial charge in [0.25, 0.3) is 11.8 Å². The van der Waals surface area contributed by atoms with Crippen LogP contribution in [0.5, 0.6) is 17.2 Å². The van der Waals surface area contributed by atoms with Gasteiger partial charge in [-0.05, 0) is 18.2 Å². The summed E-state index contributed by atoms with van der Waals surface area (Å²) in [7, 11) is 4.47. The number of primary amides is 1. The number of hydrogen-bond acceptors (Lipinski definition) is 6. The number of carbonyl (C=O) groups excluding carboxylic acids is 2. The van der Waals surface area contributed by atoms with Gasteiger partial charge in [0.05, 0.1) is 43.7 Å². The highest BCUT2D eigenvalue weighted by Crippen LogP contribution is 2.36. The van der Waals surface area contributed by atoms with E-state index in [9.17, 15) is 9.59 Å². The molecule has 0 bridgehead atoms. The van der Waals surface area contributed by atoms with Crippen LogP contribution in [-0.2, 0) is 0 Å². The fourth-order valence-corrected chi connectivity index (χ4v) is 2.85. The summed E-state index contributed by atoms with van der Waals surface area (Å²) in [4.78, 5) is 29.1. The predicted octanol–water partition coefficient (Wildman–Crippen LogP) is 2.61. The first-order valence-corrected chi connectivity index (χ1v) is 8.29. The number of hydrogen-bond donors (Lipinski definition) is 2. The van der Waals surface area contributed by atoms with Gasteiger partial charge in [-0.3, -0.25) is 14.6 Å². The molecule has 144 valence electrons. The molecule has 28 heavy (non-hydrogen) atoms. The lowest BCUT2D eigenvalue weighted by atomic mass is 10.1. The number of benzene rings is 2. The van der Waals surface area contributed by atoms with Gasteiger partial charge in [0.15, 0.2) is 11.5 Å². The second-order valence-corrected chi connectivity index (χ2v) is 5.79. The van der Waals surface area contributed by atoms with Crippen molar-refractivity contribution in [1.82, 2.24) is 4.98 Å². The third-order valence-corrected chi connectivity index (χ3v) is 4.23. The maximum Gasteiger partial charge on any atom is 0.259 e. The standard InChI is InChI=1S/C20H19N3O5/c1-26-15-7-5-4-6-11(15)20(25)23-18-12-8-16(27-2)17(28-3)9-14(12)22-10-13(18)19(21)24/h4-10H,1-3H3,(H2,21,24)(H,22,23,25).